The number of nitrogens with one attached hydrogen (secondary N) is 1. The number of benzene rings is 2. The number of aromatic nitrogens is 2. The van der Waals surface area contributed by atoms with Crippen molar-refractivity contribution in [1.82, 2.24) is 14.5 Å². The van der Waals surface area contributed by atoms with E-state index >= 15 is 0 Å². The van der Waals surface area contributed by atoms with Crippen LogP contribution in [0.25, 0.3) is 11.3 Å². The molecule has 0 unspecified atom stereocenters. The van der Waals surface area contributed by atoms with Gasteiger partial charge in [0.1, 0.15) is 22.3 Å². The van der Waals surface area contributed by atoms with Gasteiger partial charge in [-0.3, -0.25) is 4.79 Å². The Morgan fingerprint density at radius 1 is 1.07 bits per heavy atom. The van der Waals surface area contributed by atoms with E-state index in [0.29, 0.717) is 17.5 Å². The van der Waals surface area contributed by atoms with E-state index in [-0.39, 0.29) is 25.1 Å². The normalized spacial score (nSPS) is 11.4. The molecule has 0 fully saturated rings. The molecule has 0 aliphatic rings. The van der Waals surface area contributed by atoms with Crippen molar-refractivity contribution in [3.8, 4) is 17.0 Å². The van der Waals surface area contributed by atoms with Crippen LogP contribution in [0, 0.1) is 11.6 Å². The maximum Gasteiger partial charge on any atom is 0.266 e. The van der Waals surface area contributed by atoms with Crippen molar-refractivity contribution in [2.45, 2.75) is 17.9 Å². The minimum Gasteiger partial charge on any atom is -0.497 e. The summed E-state index contributed by atoms with van der Waals surface area (Å²) in [6.07, 6.45) is 0.237. The second kappa shape index (κ2) is 9.14. The Kier molecular flexibility index (Phi) is 6.58. The predicted molar refractivity (Wildman–Crippen MR) is 107 cm³/mol. The van der Waals surface area contributed by atoms with E-state index in [1.54, 1.807) is 37.4 Å². The fourth-order valence-corrected chi connectivity index (χ4v) is 3.86. The van der Waals surface area contributed by atoms with Gasteiger partial charge in [0.25, 0.3) is 5.56 Å². The standard InChI is InChI=1S/C20H19F2N3O4S/c1-29-16-6-3-14(4-7-16)18-8-10-20(26)25(24-18)12-2-11-23-30(27,28)19-9-5-15(21)13-17(19)22/h3-10,13,23H,2,11-12H2,1H3. The SMILES string of the molecule is COc1ccc(-c2ccc(=O)n(CCCNS(=O)(=O)c3ccc(F)cc3F)n2)cc1. The number of hydrogen-bond donors (Lipinski definition) is 1. The summed E-state index contributed by atoms with van der Waals surface area (Å²) < 4.78 is 59.6. The van der Waals surface area contributed by atoms with Gasteiger partial charge in [-0.25, -0.2) is 26.6 Å². The molecule has 158 valence electrons. The lowest BCUT2D eigenvalue weighted by Crippen LogP contribution is -2.28. The minimum absolute atomic E-state index is 0.0555. The number of rotatable bonds is 8. The first-order valence-corrected chi connectivity index (χ1v) is 10.5. The summed E-state index contributed by atoms with van der Waals surface area (Å²) in [5.41, 5.74) is 1.03. The first-order chi connectivity index (χ1) is 14.3. The first kappa shape index (κ1) is 21.6. The monoisotopic (exact) mass is 435 g/mol. The van der Waals surface area contributed by atoms with Crippen molar-refractivity contribution in [2.75, 3.05) is 13.7 Å². The van der Waals surface area contributed by atoms with Crippen LogP contribution in [-0.4, -0.2) is 31.9 Å². The zero-order chi connectivity index (χ0) is 21.7. The highest BCUT2D eigenvalue weighted by Crippen LogP contribution is 2.19. The number of ether oxygens (including phenoxy) is 1. The van der Waals surface area contributed by atoms with Crippen molar-refractivity contribution in [2.24, 2.45) is 0 Å². The quantitative estimate of drug-likeness (QED) is 0.550. The van der Waals surface area contributed by atoms with Crippen LogP contribution in [0.15, 0.2) is 64.3 Å². The number of halogens is 2. The number of aryl methyl sites for hydroxylation is 1. The summed E-state index contributed by atoms with van der Waals surface area (Å²) >= 11 is 0. The highest BCUT2D eigenvalue weighted by molar-refractivity contribution is 7.89. The Hall–Kier alpha value is -3.11. The summed E-state index contributed by atoms with van der Waals surface area (Å²) in [5.74, 6) is -1.35. The Balaban J connectivity index is 1.65. The summed E-state index contributed by atoms with van der Waals surface area (Å²) in [4.78, 5) is 11.4. The Labute approximate surface area is 172 Å². The van der Waals surface area contributed by atoms with Crippen LogP contribution in [0.5, 0.6) is 5.75 Å². The maximum atomic E-state index is 13.7. The lowest BCUT2D eigenvalue weighted by molar-refractivity contribution is 0.415. The molecule has 0 atom stereocenters. The Morgan fingerprint density at radius 2 is 1.80 bits per heavy atom. The van der Waals surface area contributed by atoms with E-state index in [1.807, 2.05) is 0 Å². The average molecular weight is 435 g/mol. The Bertz CT molecular complexity index is 1200. The second-order valence-electron chi connectivity index (χ2n) is 6.33. The van der Waals surface area contributed by atoms with Crippen LogP contribution in [0.4, 0.5) is 8.78 Å². The average Bonchev–Trinajstić information content (AvgIpc) is 2.72. The number of methoxy groups -OCH3 is 1. The molecule has 0 saturated carbocycles. The molecule has 7 nitrogen and oxygen atoms in total. The third-order valence-electron chi connectivity index (χ3n) is 4.27. The molecule has 1 N–H and O–H groups in total. The highest BCUT2D eigenvalue weighted by Gasteiger charge is 2.19. The molecule has 10 heteroatoms. The molecule has 0 amide bonds. The topological polar surface area (TPSA) is 90.3 Å². The molecule has 1 heterocycles. The van der Waals surface area contributed by atoms with Gasteiger partial charge in [0.15, 0.2) is 0 Å². The van der Waals surface area contributed by atoms with Gasteiger partial charge >= 0.3 is 0 Å². The molecule has 3 aromatic rings. The molecule has 0 saturated heterocycles. The molecular formula is C20H19F2N3O4S. The molecule has 0 bridgehead atoms. The second-order valence-corrected chi connectivity index (χ2v) is 8.07. The molecule has 0 aliphatic carbocycles. The molecule has 0 radical (unpaired) electrons. The van der Waals surface area contributed by atoms with Gasteiger partial charge < -0.3 is 4.74 Å². The van der Waals surface area contributed by atoms with E-state index in [4.69, 9.17) is 4.74 Å². The van der Waals surface area contributed by atoms with E-state index in [1.165, 1.54) is 10.7 Å². The minimum atomic E-state index is -4.14. The zero-order valence-corrected chi connectivity index (χ0v) is 16.8. The van der Waals surface area contributed by atoms with Crippen LogP contribution in [0.2, 0.25) is 0 Å². The van der Waals surface area contributed by atoms with Crippen LogP contribution in [0.3, 0.4) is 0 Å². The molecule has 0 aliphatic heterocycles. The molecule has 1 aromatic heterocycles. The van der Waals surface area contributed by atoms with Crippen molar-refractivity contribution in [3.05, 3.63) is 76.6 Å². The highest BCUT2D eigenvalue weighted by atomic mass is 32.2. The fourth-order valence-electron chi connectivity index (χ4n) is 2.73. The molecule has 3 rings (SSSR count). The summed E-state index contributed by atoms with van der Waals surface area (Å²) in [6.45, 7) is 0.0945. The van der Waals surface area contributed by atoms with Crippen LogP contribution in [-0.2, 0) is 16.6 Å². The third kappa shape index (κ3) is 5.08. The van der Waals surface area contributed by atoms with Gasteiger partial charge in [-0.05, 0) is 48.9 Å². The van der Waals surface area contributed by atoms with Crippen molar-refractivity contribution in [3.63, 3.8) is 0 Å². The molecule has 0 spiro atoms. The largest absolute Gasteiger partial charge is 0.497 e. The number of nitrogens with zero attached hydrogens (tertiary/aromatic N) is 2. The predicted octanol–water partition coefficient (Wildman–Crippen LogP) is 2.57. The van der Waals surface area contributed by atoms with E-state index < -0.39 is 26.6 Å². The van der Waals surface area contributed by atoms with Crippen molar-refractivity contribution < 1.29 is 21.9 Å². The van der Waals surface area contributed by atoms with Gasteiger partial charge in [-0.1, -0.05) is 0 Å². The lowest BCUT2D eigenvalue weighted by atomic mass is 10.1. The number of hydrogen-bond acceptors (Lipinski definition) is 5. The van der Waals surface area contributed by atoms with E-state index in [9.17, 15) is 22.0 Å². The van der Waals surface area contributed by atoms with Gasteiger partial charge in [0, 0.05) is 30.8 Å². The van der Waals surface area contributed by atoms with E-state index in [2.05, 4.69) is 9.82 Å². The number of sulfonamides is 1. The maximum absolute atomic E-state index is 13.7. The Morgan fingerprint density at radius 3 is 2.47 bits per heavy atom. The first-order valence-electron chi connectivity index (χ1n) is 8.97. The van der Waals surface area contributed by atoms with Crippen LogP contribution < -0.4 is 15.0 Å². The summed E-state index contributed by atoms with van der Waals surface area (Å²) in [6, 6.07) is 12.4. The van der Waals surface area contributed by atoms with Gasteiger partial charge in [0.2, 0.25) is 10.0 Å². The third-order valence-corrected chi connectivity index (χ3v) is 5.77. The molecule has 30 heavy (non-hydrogen) atoms. The van der Waals surface area contributed by atoms with Gasteiger partial charge in [0.05, 0.1) is 12.8 Å². The van der Waals surface area contributed by atoms with E-state index in [0.717, 1.165) is 17.7 Å². The lowest BCUT2D eigenvalue weighted by Gasteiger charge is -2.09. The fraction of sp³-hybridized carbons (Fsp3) is 0.200. The summed E-state index contributed by atoms with van der Waals surface area (Å²) in [5, 5.41) is 4.30. The molecule has 2 aromatic carbocycles. The van der Waals surface area contributed by atoms with Crippen molar-refractivity contribution >= 4 is 10.0 Å². The van der Waals surface area contributed by atoms with Crippen LogP contribution >= 0.6 is 0 Å². The van der Waals surface area contributed by atoms with Gasteiger partial charge in [-0.2, -0.15) is 5.10 Å². The smallest absolute Gasteiger partial charge is 0.266 e. The van der Waals surface area contributed by atoms with Gasteiger partial charge in [-0.15, -0.1) is 0 Å². The molecular weight excluding hydrogens is 416 g/mol. The zero-order valence-electron chi connectivity index (χ0n) is 16.0. The summed E-state index contributed by atoms with van der Waals surface area (Å²) in [7, 11) is -2.58. The van der Waals surface area contributed by atoms with Crippen LogP contribution in [0.1, 0.15) is 6.42 Å². The van der Waals surface area contributed by atoms with Crippen molar-refractivity contribution in [1.29, 1.82) is 0 Å².